The first kappa shape index (κ1) is 27.6. The van der Waals surface area contributed by atoms with Crippen molar-refractivity contribution in [1.82, 2.24) is 4.98 Å². The number of morpholine rings is 1. The maximum atomic E-state index is 13.4. The van der Waals surface area contributed by atoms with Crippen molar-refractivity contribution in [2.75, 3.05) is 24.7 Å². The number of anilines is 1. The van der Waals surface area contributed by atoms with Crippen LogP contribution in [0.1, 0.15) is 52.3 Å². The van der Waals surface area contributed by atoms with E-state index in [-0.39, 0.29) is 34.4 Å². The first-order valence-electron chi connectivity index (χ1n) is 12.5. The molecule has 1 fully saturated rings. The van der Waals surface area contributed by atoms with Crippen molar-refractivity contribution in [1.29, 1.82) is 0 Å². The Morgan fingerprint density at radius 3 is 2.36 bits per heavy atom. The number of nitrogens with zero attached hydrogens (tertiary/aromatic N) is 2. The van der Waals surface area contributed by atoms with Gasteiger partial charge >= 0.3 is 12.4 Å². The van der Waals surface area contributed by atoms with Crippen molar-refractivity contribution >= 4 is 22.3 Å². The van der Waals surface area contributed by atoms with E-state index in [2.05, 4.69) is 4.90 Å². The summed E-state index contributed by atoms with van der Waals surface area (Å²) in [7, 11) is 0. The Labute approximate surface area is 225 Å². The fraction of sp³-hybridized carbons (Fsp3) is 0.429. The van der Waals surface area contributed by atoms with Crippen molar-refractivity contribution in [3.05, 3.63) is 69.7 Å². The molecule has 2 aliphatic rings. The summed E-state index contributed by atoms with van der Waals surface area (Å²) in [6, 6.07) is 7.95. The SMILES string of the molecule is CC1(C)CC(=O)c2sc(N3CCOC[C@@H]3Cc3cccc(-c4cc(C(F)(F)F)cc(C(F)(F)F)c4)c3)nc2C1. The van der Waals surface area contributed by atoms with Crippen LogP contribution < -0.4 is 4.90 Å². The zero-order chi connectivity index (χ0) is 28.2. The van der Waals surface area contributed by atoms with Crippen molar-refractivity contribution in [2.24, 2.45) is 5.41 Å². The Bertz CT molecular complexity index is 1360. The number of ether oxygens (including phenoxy) is 1. The van der Waals surface area contributed by atoms with Crippen LogP contribution in [-0.4, -0.2) is 36.6 Å². The monoisotopic (exact) mass is 568 g/mol. The quantitative estimate of drug-likeness (QED) is 0.307. The minimum Gasteiger partial charge on any atom is -0.377 e. The second kappa shape index (κ2) is 9.92. The second-order valence-corrected chi connectivity index (χ2v) is 11.8. The standard InChI is InChI=1S/C28H26F6N2O2S/c1-26(2)13-22-24(23(37)14-26)39-25(35-22)36-6-7-38-15-21(36)9-16-4-3-5-17(8-16)18-10-19(27(29,30)31)12-20(11-18)28(32,33)34/h3-5,8,10-12,21H,6-7,9,13-15H2,1-2H3/t21-/m0/s1. The van der Waals surface area contributed by atoms with Crippen LogP contribution in [0.3, 0.4) is 0 Å². The number of carbonyl (C=O) groups excluding carboxylic acids is 1. The van der Waals surface area contributed by atoms with Gasteiger partial charge in [-0.2, -0.15) is 26.3 Å². The molecule has 1 atom stereocenters. The Morgan fingerprint density at radius 2 is 1.69 bits per heavy atom. The van der Waals surface area contributed by atoms with Gasteiger partial charge in [0.15, 0.2) is 10.9 Å². The van der Waals surface area contributed by atoms with E-state index in [9.17, 15) is 31.1 Å². The van der Waals surface area contributed by atoms with Gasteiger partial charge in [-0.15, -0.1) is 0 Å². The number of fused-ring (bicyclic) bond motifs is 1. The zero-order valence-electron chi connectivity index (χ0n) is 21.2. The molecule has 0 amide bonds. The summed E-state index contributed by atoms with van der Waals surface area (Å²) in [5.74, 6) is 0.0850. The molecule has 1 aromatic heterocycles. The van der Waals surface area contributed by atoms with Gasteiger partial charge < -0.3 is 9.64 Å². The highest BCUT2D eigenvalue weighted by molar-refractivity contribution is 7.17. The highest BCUT2D eigenvalue weighted by Crippen LogP contribution is 2.41. The minimum absolute atomic E-state index is 0.0850. The molecule has 2 heterocycles. The first-order valence-corrected chi connectivity index (χ1v) is 13.3. The number of benzene rings is 2. The van der Waals surface area contributed by atoms with Crippen molar-refractivity contribution in [2.45, 2.75) is 51.5 Å². The number of Topliss-reactive ketones (excluding diaryl/α,β-unsaturated/α-hetero) is 1. The second-order valence-electron chi connectivity index (χ2n) is 10.8. The van der Waals surface area contributed by atoms with Crippen molar-refractivity contribution in [3.63, 3.8) is 0 Å². The number of alkyl halides is 6. The Morgan fingerprint density at radius 1 is 1.00 bits per heavy atom. The third kappa shape index (κ3) is 5.99. The van der Waals surface area contributed by atoms with Crippen molar-refractivity contribution < 1.29 is 35.9 Å². The van der Waals surface area contributed by atoms with Gasteiger partial charge in [0.2, 0.25) is 0 Å². The van der Waals surface area contributed by atoms with Crippen LogP contribution in [0.2, 0.25) is 0 Å². The molecule has 0 unspecified atom stereocenters. The molecular weight excluding hydrogens is 542 g/mol. The first-order chi connectivity index (χ1) is 18.2. The molecule has 39 heavy (non-hydrogen) atoms. The number of halogens is 6. The van der Waals surface area contributed by atoms with Crippen molar-refractivity contribution in [3.8, 4) is 11.1 Å². The molecule has 3 aromatic rings. The molecule has 4 nitrogen and oxygen atoms in total. The molecule has 11 heteroatoms. The van der Waals surface area contributed by atoms with E-state index in [1.165, 1.54) is 17.4 Å². The third-order valence-electron chi connectivity index (χ3n) is 7.02. The fourth-order valence-corrected chi connectivity index (χ4v) is 6.30. The Hall–Kier alpha value is -2.92. The average molecular weight is 569 g/mol. The molecule has 0 bridgehead atoms. The maximum absolute atomic E-state index is 13.4. The van der Waals surface area contributed by atoms with Crippen LogP contribution >= 0.6 is 11.3 Å². The van der Waals surface area contributed by atoms with Gasteiger partial charge in [0.25, 0.3) is 0 Å². The molecule has 2 aromatic carbocycles. The lowest BCUT2D eigenvalue weighted by molar-refractivity contribution is -0.143. The fourth-order valence-electron chi connectivity index (χ4n) is 5.18. The zero-order valence-corrected chi connectivity index (χ0v) is 22.1. The molecule has 0 saturated carbocycles. The topological polar surface area (TPSA) is 42.4 Å². The molecule has 0 N–H and O–H groups in total. The summed E-state index contributed by atoms with van der Waals surface area (Å²) >= 11 is 1.37. The number of aromatic nitrogens is 1. The van der Waals surface area contributed by atoms with Gasteiger partial charge in [0, 0.05) is 13.0 Å². The number of rotatable bonds is 4. The van der Waals surface area contributed by atoms with E-state index in [1.807, 2.05) is 13.8 Å². The molecule has 1 aliphatic carbocycles. The van der Waals surface area contributed by atoms with Crippen LogP contribution in [0.15, 0.2) is 42.5 Å². The van der Waals surface area contributed by atoms with E-state index in [0.29, 0.717) is 43.9 Å². The summed E-state index contributed by atoms with van der Waals surface area (Å²) < 4.78 is 86.0. The third-order valence-corrected chi connectivity index (χ3v) is 8.19. The highest BCUT2D eigenvalue weighted by Gasteiger charge is 2.38. The normalized spacial score (nSPS) is 19.7. The molecule has 0 radical (unpaired) electrons. The van der Waals surface area contributed by atoms with Crippen LogP contribution in [-0.2, 0) is 29.9 Å². The number of carbonyl (C=O) groups is 1. The summed E-state index contributed by atoms with van der Waals surface area (Å²) in [5, 5.41) is 0.725. The summed E-state index contributed by atoms with van der Waals surface area (Å²) in [5.41, 5.74) is -1.24. The lowest BCUT2D eigenvalue weighted by Crippen LogP contribution is -2.46. The van der Waals surface area contributed by atoms with Gasteiger partial charge in [-0.3, -0.25) is 4.79 Å². The van der Waals surface area contributed by atoms with Crippen LogP contribution in [0.4, 0.5) is 31.5 Å². The largest absolute Gasteiger partial charge is 0.416 e. The number of hydrogen-bond donors (Lipinski definition) is 0. The summed E-state index contributed by atoms with van der Waals surface area (Å²) in [4.78, 5) is 20.3. The van der Waals surface area contributed by atoms with Crippen LogP contribution in [0.5, 0.6) is 0 Å². The predicted molar refractivity (Wildman–Crippen MR) is 136 cm³/mol. The summed E-state index contributed by atoms with van der Waals surface area (Å²) in [6.07, 6.45) is -8.23. The molecule has 0 spiro atoms. The molecule has 1 saturated heterocycles. The van der Waals surface area contributed by atoms with Crippen LogP contribution in [0.25, 0.3) is 11.1 Å². The smallest absolute Gasteiger partial charge is 0.377 e. The lowest BCUT2D eigenvalue weighted by Gasteiger charge is -2.35. The van der Waals surface area contributed by atoms with Gasteiger partial charge in [0.05, 0.1) is 41.0 Å². The molecule has 1 aliphatic heterocycles. The van der Waals surface area contributed by atoms with Gasteiger partial charge in [0.1, 0.15) is 0 Å². The van der Waals surface area contributed by atoms with Gasteiger partial charge in [-0.1, -0.05) is 49.4 Å². The van der Waals surface area contributed by atoms with E-state index >= 15 is 0 Å². The lowest BCUT2D eigenvalue weighted by atomic mass is 9.78. The molecule has 208 valence electrons. The van der Waals surface area contributed by atoms with Gasteiger partial charge in [-0.25, -0.2) is 4.98 Å². The molecular formula is C28H26F6N2O2S. The average Bonchev–Trinajstić information content (AvgIpc) is 3.26. The maximum Gasteiger partial charge on any atom is 0.416 e. The van der Waals surface area contributed by atoms with E-state index < -0.39 is 23.5 Å². The Balaban J connectivity index is 1.44. The Kier molecular flexibility index (Phi) is 7.03. The van der Waals surface area contributed by atoms with E-state index in [4.69, 9.17) is 9.72 Å². The number of ketones is 1. The molecule has 5 rings (SSSR count). The van der Waals surface area contributed by atoms with Gasteiger partial charge in [-0.05, 0) is 53.1 Å². The number of thiazole rings is 1. The van der Waals surface area contributed by atoms with E-state index in [1.54, 1.807) is 18.2 Å². The van der Waals surface area contributed by atoms with E-state index in [0.717, 1.165) is 28.5 Å². The minimum atomic E-state index is -4.92. The predicted octanol–water partition coefficient (Wildman–Crippen LogP) is 7.45. The summed E-state index contributed by atoms with van der Waals surface area (Å²) in [6.45, 7) is 5.48. The highest BCUT2D eigenvalue weighted by atomic mass is 32.1. The van der Waals surface area contributed by atoms with Crippen LogP contribution in [0, 0.1) is 5.41 Å². The number of hydrogen-bond acceptors (Lipinski definition) is 5.